The molecule has 0 aromatic rings. The molecule has 1 aliphatic rings. The topological polar surface area (TPSA) is 32.3 Å². The van der Waals surface area contributed by atoms with Gasteiger partial charge in [-0.05, 0) is 32.3 Å². The van der Waals surface area contributed by atoms with Crippen LogP contribution in [-0.4, -0.2) is 23.5 Å². The molecule has 3 nitrogen and oxygen atoms in total. The Morgan fingerprint density at radius 1 is 1.29 bits per heavy atom. The third-order valence-electron chi connectivity index (χ3n) is 2.69. The van der Waals surface area contributed by atoms with Crippen LogP contribution in [0.15, 0.2) is 11.3 Å². The maximum atomic E-state index is 11.6. The number of hydrogen-bond donors (Lipinski definition) is 1. The van der Waals surface area contributed by atoms with Crippen molar-refractivity contribution < 1.29 is 4.79 Å². The zero-order valence-electron chi connectivity index (χ0n) is 9.72. The van der Waals surface area contributed by atoms with Crippen LogP contribution in [0.5, 0.6) is 0 Å². The van der Waals surface area contributed by atoms with Crippen LogP contribution in [0.2, 0.25) is 0 Å². The zero-order chi connectivity index (χ0) is 10.9. The second kappa shape index (κ2) is 4.03. The molecule has 3 heteroatoms. The van der Waals surface area contributed by atoms with E-state index in [1.54, 1.807) is 0 Å². The van der Waals surface area contributed by atoms with Crippen molar-refractivity contribution in [1.82, 2.24) is 10.2 Å². The number of nitrogens with zero attached hydrogens (tertiary/aromatic N) is 1. The first-order valence-electron chi connectivity index (χ1n) is 5.21. The van der Waals surface area contributed by atoms with E-state index in [0.29, 0.717) is 12.5 Å². The van der Waals surface area contributed by atoms with Crippen LogP contribution >= 0.6 is 0 Å². The summed E-state index contributed by atoms with van der Waals surface area (Å²) >= 11 is 0. The monoisotopic (exact) mass is 196 g/mol. The summed E-state index contributed by atoms with van der Waals surface area (Å²) in [5.41, 5.74) is 2.46. The molecule has 0 aromatic carbocycles. The predicted octanol–water partition coefficient (Wildman–Crippen LogP) is 2.35. The van der Waals surface area contributed by atoms with Gasteiger partial charge in [-0.2, -0.15) is 0 Å². The van der Waals surface area contributed by atoms with Crippen LogP contribution in [0.1, 0.15) is 34.6 Å². The Balaban J connectivity index is 3.02. The molecule has 80 valence electrons. The minimum absolute atomic E-state index is 0.0295. The van der Waals surface area contributed by atoms with E-state index >= 15 is 0 Å². The smallest absolute Gasteiger partial charge is 0.322 e. The molecule has 0 saturated carbocycles. The molecular formula is C11H20N2O. The van der Waals surface area contributed by atoms with Gasteiger partial charge in [-0.25, -0.2) is 4.79 Å². The number of rotatable bonds is 2. The number of nitrogens with one attached hydrogen (secondary N) is 1. The Morgan fingerprint density at radius 3 is 2.29 bits per heavy atom. The average molecular weight is 196 g/mol. The SMILES string of the molecule is CC1=C(C(C)C)CNC(=O)N1C(C)C. The third-order valence-corrected chi connectivity index (χ3v) is 2.69. The summed E-state index contributed by atoms with van der Waals surface area (Å²) in [5.74, 6) is 0.497. The normalized spacial score (nSPS) is 18.2. The Morgan fingerprint density at radius 2 is 1.86 bits per heavy atom. The molecule has 0 atom stereocenters. The van der Waals surface area contributed by atoms with E-state index in [-0.39, 0.29) is 12.1 Å². The van der Waals surface area contributed by atoms with Gasteiger partial charge in [0.05, 0.1) is 0 Å². The van der Waals surface area contributed by atoms with E-state index in [4.69, 9.17) is 0 Å². The van der Waals surface area contributed by atoms with Gasteiger partial charge in [0.1, 0.15) is 0 Å². The van der Waals surface area contributed by atoms with Crippen LogP contribution < -0.4 is 5.32 Å². The molecule has 0 radical (unpaired) electrons. The van der Waals surface area contributed by atoms with Crippen molar-refractivity contribution in [3.05, 3.63) is 11.3 Å². The minimum Gasteiger partial charge on any atom is -0.334 e. The largest absolute Gasteiger partial charge is 0.334 e. The molecule has 0 spiro atoms. The number of carbonyl (C=O) groups excluding carboxylic acids is 1. The summed E-state index contributed by atoms with van der Waals surface area (Å²) in [4.78, 5) is 13.4. The molecule has 0 saturated heterocycles. The molecule has 1 heterocycles. The van der Waals surface area contributed by atoms with Gasteiger partial charge in [0.15, 0.2) is 0 Å². The molecule has 0 fully saturated rings. The molecule has 0 aliphatic carbocycles. The average Bonchev–Trinajstić information content (AvgIpc) is 2.02. The van der Waals surface area contributed by atoms with Crippen molar-refractivity contribution in [3.8, 4) is 0 Å². The highest BCUT2D eigenvalue weighted by Crippen LogP contribution is 2.22. The van der Waals surface area contributed by atoms with Gasteiger partial charge >= 0.3 is 6.03 Å². The summed E-state index contributed by atoms with van der Waals surface area (Å²) in [6, 6.07) is 0.256. The minimum atomic E-state index is 0.0295. The van der Waals surface area contributed by atoms with E-state index in [0.717, 1.165) is 5.70 Å². The van der Waals surface area contributed by atoms with E-state index in [2.05, 4.69) is 19.2 Å². The summed E-state index contributed by atoms with van der Waals surface area (Å²) in [6.45, 7) is 11.1. The Kier molecular flexibility index (Phi) is 3.19. The summed E-state index contributed by atoms with van der Waals surface area (Å²) in [6.07, 6.45) is 0. The fourth-order valence-electron chi connectivity index (χ4n) is 1.93. The van der Waals surface area contributed by atoms with Crippen molar-refractivity contribution in [2.24, 2.45) is 5.92 Å². The van der Waals surface area contributed by atoms with E-state index < -0.39 is 0 Å². The second-order valence-corrected chi connectivity index (χ2v) is 4.39. The number of urea groups is 1. The van der Waals surface area contributed by atoms with Gasteiger partial charge < -0.3 is 5.32 Å². The summed E-state index contributed by atoms with van der Waals surface area (Å²) in [5, 5.41) is 2.90. The first-order valence-corrected chi connectivity index (χ1v) is 5.21. The number of allylic oxidation sites excluding steroid dienone is 1. The Bertz CT molecular complexity index is 266. The summed E-state index contributed by atoms with van der Waals surface area (Å²) < 4.78 is 0. The van der Waals surface area contributed by atoms with Crippen LogP contribution in [-0.2, 0) is 0 Å². The Labute approximate surface area is 86.2 Å². The van der Waals surface area contributed by atoms with Crippen LogP contribution in [0.25, 0.3) is 0 Å². The fourth-order valence-corrected chi connectivity index (χ4v) is 1.93. The first-order chi connectivity index (χ1) is 6.45. The standard InChI is InChI=1S/C11H20N2O/c1-7(2)10-6-12-11(14)13(8(3)4)9(10)5/h7-8H,6H2,1-5H3,(H,12,14). The summed E-state index contributed by atoms with van der Waals surface area (Å²) in [7, 11) is 0. The number of amides is 2. The maximum Gasteiger partial charge on any atom is 0.322 e. The van der Waals surface area contributed by atoms with Crippen molar-refractivity contribution in [1.29, 1.82) is 0 Å². The highest BCUT2D eigenvalue weighted by molar-refractivity contribution is 5.78. The van der Waals surface area contributed by atoms with E-state index in [1.807, 2.05) is 25.7 Å². The van der Waals surface area contributed by atoms with Gasteiger partial charge in [-0.1, -0.05) is 13.8 Å². The quantitative estimate of drug-likeness (QED) is 0.722. The predicted molar refractivity (Wildman–Crippen MR) is 57.9 cm³/mol. The molecule has 1 N–H and O–H groups in total. The molecular weight excluding hydrogens is 176 g/mol. The van der Waals surface area contributed by atoms with Gasteiger partial charge in [-0.15, -0.1) is 0 Å². The van der Waals surface area contributed by atoms with Crippen molar-refractivity contribution in [3.63, 3.8) is 0 Å². The molecule has 2 amide bonds. The molecule has 1 aliphatic heterocycles. The zero-order valence-corrected chi connectivity index (χ0v) is 9.72. The fraction of sp³-hybridized carbons (Fsp3) is 0.727. The molecule has 14 heavy (non-hydrogen) atoms. The molecule has 0 aromatic heterocycles. The van der Waals surface area contributed by atoms with Gasteiger partial charge in [-0.3, -0.25) is 4.90 Å². The molecule has 0 unspecified atom stereocenters. The van der Waals surface area contributed by atoms with Crippen LogP contribution in [0, 0.1) is 5.92 Å². The van der Waals surface area contributed by atoms with Crippen molar-refractivity contribution in [2.45, 2.75) is 40.7 Å². The third kappa shape index (κ3) is 1.91. The maximum absolute atomic E-state index is 11.6. The van der Waals surface area contributed by atoms with Crippen molar-refractivity contribution in [2.75, 3.05) is 6.54 Å². The lowest BCUT2D eigenvalue weighted by atomic mass is 9.99. The van der Waals surface area contributed by atoms with Gasteiger partial charge in [0, 0.05) is 18.3 Å². The van der Waals surface area contributed by atoms with E-state index in [9.17, 15) is 4.79 Å². The molecule has 0 bridgehead atoms. The lowest BCUT2D eigenvalue weighted by molar-refractivity contribution is 0.195. The number of hydrogen-bond acceptors (Lipinski definition) is 1. The van der Waals surface area contributed by atoms with Gasteiger partial charge in [0.25, 0.3) is 0 Å². The second-order valence-electron chi connectivity index (χ2n) is 4.39. The Hall–Kier alpha value is -0.990. The lowest BCUT2D eigenvalue weighted by Gasteiger charge is -2.35. The first kappa shape index (κ1) is 11.1. The molecule has 1 rings (SSSR count). The van der Waals surface area contributed by atoms with Gasteiger partial charge in [0.2, 0.25) is 0 Å². The highest BCUT2D eigenvalue weighted by Gasteiger charge is 2.26. The highest BCUT2D eigenvalue weighted by atomic mass is 16.2. The number of carbonyl (C=O) groups is 1. The van der Waals surface area contributed by atoms with Crippen molar-refractivity contribution >= 4 is 6.03 Å². The van der Waals surface area contributed by atoms with Crippen LogP contribution in [0.4, 0.5) is 4.79 Å². The lowest BCUT2D eigenvalue weighted by Crippen LogP contribution is -2.48. The van der Waals surface area contributed by atoms with Crippen LogP contribution in [0.3, 0.4) is 0 Å². The van der Waals surface area contributed by atoms with E-state index in [1.165, 1.54) is 5.57 Å².